The zero-order valence-corrected chi connectivity index (χ0v) is 25.6. The first-order valence-electron chi connectivity index (χ1n) is 14.0. The molecule has 0 spiro atoms. The fourth-order valence-electron chi connectivity index (χ4n) is 5.25. The number of carbonyl (C=O) groups excluding carboxylic acids is 2. The summed E-state index contributed by atoms with van der Waals surface area (Å²) in [6, 6.07) is 12.1. The summed E-state index contributed by atoms with van der Waals surface area (Å²) in [6.45, 7) is 4.32. The molecule has 0 aliphatic heterocycles. The molecule has 1 atom stereocenters. The number of nitrogens with one attached hydrogen (secondary N) is 1. The first-order valence-corrected chi connectivity index (χ1v) is 16.2. The Morgan fingerprint density at radius 2 is 1.82 bits per heavy atom. The summed E-state index contributed by atoms with van der Waals surface area (Å²) in [5.41, 5.74) is 2.42. The van der Waals surface area contributed by atoms with Crippen molar-refractivity contribution in [2.24, 2.45) is 0 Å². The van der Waals surface area contributed by atoms with Crippen LogP contribution in [-0.4, -0.2) is 57.1 Å². The number of ether oxygens (including phenoxy) is 1. The summed E-state index contributed by atoms with van der Waals surface area (Å²) in [5, 5.41) is 3.49. The summed E-state index contributed by atoms with van der Waals surface area (Å²) in [4.78, 5) is 28.8. The fraction of sp³-hybridized carbons (Fsp3) is 0.533. The molecule has 2 aromatic carbocycles. The standard InChI is InChI=1S/C30H42ClN3O5S/c1-5-27(30(36)32-24-14-7-6-8-15-24)33(21-23-13-10-9-12-22(23)2)29(35)16-11-19-34(40(4,37)38)25-17-18-28(39-3)26(31)20-25/h9-10,12-13,17-18,20,24,27H,5-8,11,14-16,19,21H2,1-4H3,(H,32,36)/t27-/m1/s1. The monoisotopic (exact) mass is 591 g/mol. The Morgan fingerprint density at radius 3 is 2.42 bits per heavy atom. The van der Waals surface area contributed by atoms with Gasteiger partial charge in [0.1, 0.15) is 11.8 Å². The maximum atomic E-state index is 13.7. The largest absolute Gasteiger partial charge is 0.495 e. The van der Waals surface area contributed by atoms with E-state index in [9.17, 15) is 18.0 Å². The van der Waals surface area contributed by atoms with Gasteiger partial charge in [-0.2, -0.15) is 0 Å². The minimum Gasteiger partial charge on any atom is -0.495 e. The summed E-state index contributed by atoms with van der Waals surface area (Å²) in [6.07, 6.45) is 7.29. The van der Waals surface area contributed by atoms with Gasteiger partial charge in [0, 0.05) is 25.6 Å². The molecule has 0 bridgehead atoms. The summed E-state index contributed by atoms with van der Waals surface area (Å²) >= 11 is 6.24. The van der Waals surface area contributed by atoms with Crippen LogP contribution < -0.4 is 14.4 Å². The molecule has 1 fully saturated rings. The molecular formula is C30H42ClN3O5S. The summed E-state index contributed by atoms with van der Waals surface area (Å²) in [7, 11) is -2.14. The molecular weight excluding hydrogens is 550 g/mol. The third-order valence-electron chi connectivity index (χ3n) is 7.51. The van der Waals surface area contributed by atoms with Crippen LogP contribution in [-0.2, 0) is 26.2 Å². The average Bonchev–Trinajstić information content (AvgIpc) is 2.91. The molecule has 220 valence electrons. The van der Waals surface area contributed by atoms with Gasteiger partial charge >= 0.3 is 0 Å². The quantitative estimate of drug-likeness (QED) is 0.334. The smallest absolute Gasteiger partial charge is 0.243 e. The van der Waals surface area contributed by atoms with Crippen LogP contribution in [0.5, 0.6) is 5.75 Å². The van der Waals surface area contributed by atoms with Gasteiger partial charge in [-0.25, -0.2) is 8.42 Å². The van der Waals surface area contributed by atoms with Crippen molar-refractivity contribution in [3.63, 3.8) is 0 Å². The van der Waals surface area contributed by atoms with E-state index in [1.807, 2.05) is 38.1 Å². The molecule has 0 aromatic heterocycles. The van der Waals surface area contributed by atoms with Gasteiger partial charge in [0.15, 0.2) is 0 Å². The number of hydrogen-bond donors (Lipinski definition) is 1. The number of sulfonamides is 1. The molecule has 2 amide bonds. The minimum atomic E-state index is -3.63. The normalized spacial score (nSPS) is 14.8. The molecule has 8 nitrogen and oxygen atoms in total. The van der Waals surface area contributed by atoms with Gasteiger partial charge in [-0.3, -0.25) is 13.9 Å². The highest BCUT2D eigenvalue weighted by molar-refractivity contribution is 7.92. The molecule has 2 aromatic rings. The molecule has 1 aliphatic carbocycles. The van der Waals surface area contributed by atoms with E-state index in [0.29, 0.717) is 29.4 Å². The molecule has 3 rings (SSSR count). The first kappa shape index (κ1) is 31.7. The number of halogens is 1. The van der Waals surface area contributed by atoms with Crippen LogP contribution in [0.1, 0.15) is 69.4 Å². The first-order chi connectivity index (χ1) is 19.0. The molecule has 1 aliphatic rings. The van der Waals surface area contributed by atoms with Crippen molar-refractivity contribution in [1.82, 2.24) is 10.2 Å². The number of hydrogen-bond acceptors (Lipinski definition) is 5. The Morgan fingerprint density at radius 1 is 1.12 bits per heavy atom. The number of anilines is 1. The molecule has 10 heteroatoms. The van der Waals surface area contributed by atoms with Crippen LogP contribution in [0.15, 0.2) is 42.5 Å². The van der Waals surface area contributed by atoms with Gasteiger partial charge in [-0.05, 0) is 61.9 Å². The van der Waals surface area contributed by atoms with Crippen LogP contribution >= 0.6 is 11.6 Å². The van der Waals surface area contributed by atoms with Gasteiger partial charge in [0.2, 0.25) is 21.8 Å². The van der Waals surface area contributed by atoms with E-state index >= 15 is 0 Å². The number of methoxy groups -OCH3 is 1. The Hall–Kier alpha value is -2.78. The molecule has 0 unspecified atom stereocenters. The van der Waals surface area contributed by atoms with E-state index in [1.54, 1.807) is 17.0 Å². The average molecular weight is 592 g/mol. The maximum Gasteiger partial charge on any atom is 0.243 e. The van der Waals surface area contributed by atoms with Crippen molar-refractivity contribution in [2.75, 3.05) is 24.2 Å². The lowest BCUT2D eigenvalue weighted by Gasteiger charge is -2.33. The van der Waals surface area contributed by atoms with Crippen molar-refractivity contribution < 1.29 is 22.7 Å². The molecule has 1 N–H and O–H groups in total. The molecule has 0 saturated heterocycles. The zero-order chi connectivity index (χ0) is 29.3. The van der Waals surface area contributed by atoms with E-state index in [-0.39, 0.29) is 37.2 Å². The molecule has 1 saturated carbocycles. The number of amides is 2. The summed E-state index contributed by atoms with van der Waals surface area (Å²) in [5.74, 6) is 0.134. The van der Waals surface area contributed by atoms with Gasteiger partial charge in [-0.1, -0.05) is 62.1 Å². The van der Waals surface area contributed by atoms with Crippen LogP contribution in [0, 0.1) is 6.92 Å². The maximum absolute atomic E-state index is 13.7. The predicted octanol–water partition coefficient (Wildman–Crippen LogP) is 5.46. The third-order valence-corrected chi connectivity index (χ3v) is 9.00. The number of aryl methyl sites for hydroxylation is 1. The van der Waals surface area contributed by atoms with Crippen molar-refractivity contribution in [2.45, 2.75) is 83.8 Å². The molecule has 0 heterocycles. The van der Waals surface area contributed by atoms with E-state index in [0.717, 1.165) is 43.1 Å². The lowest BCUT2D eigenvalue weighted by atomic mass is 9.95. The van der Waals surface area contributed by atoms with Crippen LogP contribution in [0.2, 0.25) is 5.02 Å². The second-order valence-corrected chi connectivity index (χ2v) is 12.8. The van der Waals surface area contributed by atoms with Crippen molar-refractivity contribution in [3.05, 3.63) is 58.6 Å². The number of rotatable bonds is 13. The minimum absolute atomic E-state index is 0.0923. The van der Waals surface area contributed by atoms with E-state index in [4.69, 9.17) is 16.3 Å². The second kappa shape index (κ2) is 14.7. The molecule has 0 radical (unpaired) electrons. The Kier molecular flexibility index (Phi) is 11.7. The lowest BCUT2D eigenvalue weighted by molar-refractivity contribution is -0.141. The third kappa shape index (κ3) is 8.61. The van der Waals surface area contributed by atoms with E-state index in [1.165, 1.54) is 23.9 Å². The van der Waals surface area contributed by atoms with Crippen LogP contribution in [0.4, 0.5) is 5.69 Å². The van der Waals surface area contributed by atoms with Crippen molar-refractivity contribution >= 4 is 39.1 Å². The highest BCUT2D eigenvalue weighted by Crippen LogP contribution is 2.30. The lowest BCUT2D eigenvalue weighted by Crippen LogP contribution is -2.51. The highest BCUT2D eigenvalue weighted by Gasteiger charge is 2.30. The highest BCUT2D eigenvalue weighted by atomic mass is 35.5. The van der Waals surface area contributed by atoms with Crippen LogP contribution in [0.3, 0.4) is 0 Å². The number of carbonyl (C=O) groups is 2. The zero-order valence-electron chi connectivity index (χ0n) is 24.0. The van der Waals surface area contributed by atoms with E-state index < -0.39 is 16.1 Å². The fourth-order valence-corrected chi connectivity index (χ4v) is 6.46. The van der Waals surface area contributed by atoms with Crippen LogP contribution in [0.25, 0.3) is 0 Å². The SMILES string of the molecule is CC[C@H](C(=O)NC1CCCCC1)N(Cc1ccccc1C)C(=O)CCCN(c1ccc(OC)c(Cl)c1)S(C)(=O)=O. The van der Waals surface area contributed by atoms with Gasteiger partial charge in [-0.15, -0.1) is 0 Å². The molecule has 40 heavy (non-hydrogen) atoms. The second-order valence-electron chi connectivity index (χ2n) is 10.5. The van der Waals surface area contributed by atoms with E-state index in [2.05, 4.69) is 5.32 Å². The van der Waals surface area contributed by atoms with Gasteiger partial charge < -0.3 is 15.0 Å². The summed E-state index contributed by atoms with van der Waals surface area (Å²) < 4.78 is 31.7. The predicted molar refractivity (Wildman–Crippen MR) is 160 cm³/mol. The van der Waals surface area contributed by atoms with Gasteiger partial charge in [0.05, 0.1) is 24.1 Å². The number of nitrogens with zero attached hydrogens (tertiary/aromatic N) is 2. The van der Waals surface area contributed by atoms with Gasteiger partial charge in [0.25, 0.3) is 0 Å². The Bertz CT molecular complexity index is 1260. The topological polar surface area (TPSA) is 96.0 Å². The van der Waals surface area contributed by atoms with Crippen molar-refractivity contribution in [3.8, 4) is 5.75 Å². The Balaban J connectivity index is 1.77. The number of benzene rings is 2. The van der Waals surface area contributed by atoms with Crippen molar-refractivity contribution in [1.29, 1.82) is 0 Å². The Labute approximate surface area is 244 Å².